The van der Waals surface area contributed by atoms with Crippen molar-refractivity contribution in [2.45, 2.75) is 50.6 Å². The number of amides is 2. The van der Waals surface area contributed by atoms with Gasteiger partial charge in [-0.2, -0.15) is 4.37 Å². The Kier molecular flexibility index (Phi) is 5.85. The van der Waals surface area contributed by atoms with E-state index in [-0.39, 0.29) is 17.9 Å². The van der Waals surface area contributed by atoms with E-state index in [1.165, 1.54) is 17.1 Å². The first-order chi connectivity index (χ1) is 13.7. The Morgan fingerprint density at radius 2 is 2.07 bits per heavy atom. The van der Waals surface area contributed by atoms with E-state index >= 15 is 0 Å². The number of hydrogen-bond donors (Lipinski definition) is 2. The van der Waals surface area contributed by atoms with Gasteiger partial charge in [0.05, 0.1) is 0 Å². The summed E-state index contributed by atoms with van der Waals surface area (Å²) < 4.78 is 4.48. The van der Waals surface area contributed by atoms with Crippen LogP contribution in [0.5, 0.6) is 0 Å². The summed E-state index contributed by atoms with van der Waals surface area (Å²) in [5.74, 6) is 0.622. The second kappa shape index (κ2) is 8.68. The summed E-state index contributed by atoms with van der Waals surface area (Å²) in [6.07, 6.45) is 4.99. The highest BCUT2D eigenvalue weighted by Gasteiger charge is 2.35. The molecule has 1 aromatic carbocycles. The molecular formula is C20H25N5O2S. The van der Waals surface area contributed by atoms with E-state index in [0.29, 0.717) is 19.4 Å². The zero-order valence-electron chi connectivity index (χ0n) is 15.8. The van der Waals surface area contributed by atoms with Crippen molar-refractivity contribution in [2.75, 3.05) is 18.0 Å². The average molecular weight is 400 g/mol. The lowest BCUT2D eigenvalue weighted by Gasteiger charge is -2.25. The van der Waals surface area contributed by atoms with Crippen LogP contribution in [0.15, 0.2) is 30.3 Å². The lowest BCUT2D eigenvalue weighted by Crippen LogP contribution is -2.51. The molecule has 2 aliphatic heterocycles. The molecule has 2 atom stereocenters. The molecule has 28 heavy (non-hydrogen) atoms. The summed E-state index contributed by atoms with van der Waals surface area (Å²) in [7, 11) is 0. The highest BCUT2D eigenvalue weighted by Crippen LogP contribution is 2.28. The van der Waals surface area contributed by atoms with Crippen LogP contribution in [0.3, 0.4) is 0 Å². The minimum Gasteiger partial charge on any atom is -0.354 e. The fourth-order valence-corrected chi connectivity index (χ4v) is 4.59. The minimum absolute atomic E-state index is 0.0727. The highest BCUT2D eigenvalue weighted by atomic mass is 32.1. The molecule has 2 aromatic rings. The SMILES string of the molecule is O=C1NCCCCC1NC(=O)C1CCCN1c1nc(Cc2ccccc2)ns1. The van der Waals surface area contributed by atoms with Crippen LogP contribution in [0.1, 0.15) is 43.5 Å². The molecule has 8 heteroatoms. The minimum atomic E-state index is -0.430. The second-order valence-electron chi connectivity index (χ2n) is 7.35. The number of carbonyl (C=O) groups excluding carboxylic acids is 2. The third-order valence-corrected chi connectivity index (χ3v) is 6.11. The summed E-state index contributed by atoms with van der Waals surface area (Å²) in [4.78, 5) is 31.7. The third-order valence-electron chi connectivity index (χ3n) is 5.32. The van der Waals surface area contributed by atoms with Crippen LogP contribution >= 0.6 is 11.5 Å². The highest BCUT2D eigenvalue weighted by molar-refractivity contribution is 7.09. The first-order valence-electron chi connectivity index (χ1n) is 9.92. The Balaban J connectivity index is 1.42. The van der Waals surface area contributed by atoms with Crippen molar-refractivity contribution in [1.29, 1.82) is 0 Å². The van der Waals surface area contributed by atoms with Crippen LogP contribution in [-0.4, -0.2) is 46.3 Å². The van der Waals surface area contributed by atoms with Crippen molar-refractivity contribution in [1.82, 2.24) is 20.0 Å². The summed E-state index contributed by atoms with van der Waals surface area (Å²) in [6.45, 7) is 1.48. The zero-order chi connectivity index (χ0) is 19.3. The molecule has 2 amide bonds. The van der Waals surface area contributed by atoms with Crippen molar-refractivity contribution < 1.29 is 9.59 Å². The van der Waals surface area contributed by atoms with Crippen molar-refractivity contribution in [3.8, 4) is 0 Å². The number of anilines is 1. The lowest BCUT2D eigenvalue weighted by atomic mass is 10.1. The number of rotatable bonds is 5. The van der Waals surface area contributed by atoms with Gasteiger partial charge in [-0.05, 0) is 37.7 Å². The van der Waals surface area contributed by atoms with E-state index in [1.54, 1.807) is 0 Å². The predicted molar refractivity (Wildman–Crippen MR) is 108 cm³/mol. The number of aromatic nitrogens is 2. The summed E-state index contributed by atoms with van der Waals surface area (Å²) in [6, 6.07) is 9.41. The molecule has 4 rings (SSSR count). The van der Waals surface area contributed by atoms with E-state index < -0.39 is 6.04 Å². The standard InChI is InChI=1S/C20H25N5O2S/c26-18-15(9-4-5-11-21-18)22-19(27)16-10-6-12-25(16)20-23-17(24-28-20)13-14-7-2-1-3-8-14/h1-3,7-8,15-16H,4-6,9-13H2,(H,21,26)(H,22,27). The van der Waals surface area contributed by atoms with Gasteiger partial charge in [-0.3, -0.25) is 9.59 Å². The van der Waals surface area contributed by atoms with E-state index in [1.807, 2.05) is 23.1 Å². The second-order valence-corrected chi connectivity index (χ2v) is 8.09. The Morgan fingerprint density at radius 1 is 1.21 bits per heavy atom. The van der Waals surface area contributed by atoms with Gasteiger partial charge in [-0.15, -0.1) is 0 Å². The van der Waals surface area contributed by atoms with Gasteiger partial charge in [0.1, 0.15) is 17.9 Å². The van der Waals surface area contributed by atoms with Crippen LogP contribution < -0.4 is 15.5 Å². The predicted octanol–water partition coefficient (Wildman–Crippen LogP) is 1.88. The van der Waals surface area contributed by atoms with Crippen LogP contribution in [0.4, 0.5) is 5.13 Å². The fourth-order valence-electron chi connectivity index (χ4n) is 3.82. The maximum Gasteiger partial charge on any atom is 0.243 e. The number of benzene rings is 1. The smallest absolute Gasteiger partial charge is 0.243 e. The Bertz CT molecular complexity index is 825. The molecule has 2 N–H and O–H groups in total. The number of carbonyl (C=O) groups is 2. The van der Waals surface area contributed by atoms with Gasteiger partial charge >= 0.3 is 0 Å². The fraction of sp³-hybridized carbons (Fsp3) is 0.500. The van der Waals surface area contributed by atoms with Gasteiger partial charge in [0.2, 0.25) is 16.9 Å². The Morgan fingerprint density at radius 3 is 2.93 bits per heavy atom. The van der Waals surface area contributed by atoms with Crippen molar-refractivity contribution in [3.63, 3.8) is 0 Å². The van der Waals surface area contributed by atoms with E-state index in [9.17, 15) is 9.59 Å². The number of nitrogens with zero attached hydrogens (tertiary/aromatic N) is 3. The maximum absolute atomic E-state index is 12.9. The molecule has 3 heterocycles. The molecular weight excluding hydrogens is 374 g/mol. The first-order valence-corrected chi connectivity index (χ1v) is 10.7. The average Bonchev–Trinajstić information content (AvgIpc) is 3.32. The normalized spacial score (nSPS) is 22.6. The van der Waals surface area contributed by atoms with Crippen LogP contribution in [-0.2, 0) is 16.0 Å². The third kappa shape index (κ3) is 4.32. The van der Waals surface area contributed by atoms with Crippen LogP contribution in [0.2, 0.25) is 0 Å². The summed E-state index contributed by atoms with van der Waals surface area (Å²) in [5, 5.41) is 6.62. The molecule has 0 aliphatic carbocycles. The Labute approximate surface area is 168 Å². The molecule has 7 nitrogen and oxygen atoms in total. The van der Waals surface area contributed by atoms with Crippen LogP contribution in [0.25, 0.3) is 0 Å². The van der Waals surface area contributed by atoms with E-state index in [4.69, 9.17) is 0 Å². The quantitative estimate of drug-likeness (QED) is 0.802. The topological polar surface area (TPSA) is 87.2 Å². The summed E-state index contributed by atoms with van der Waals surface area (Å²) >= 11 is 1.34. The van der Waals surface area contributed by atoms with Gasteiger partial charge in [0.15, 0.2) is 0 Å². The van der Waals surface area contributed by atoms with E-state index in [2.05, 4.69) is 32.1 Å². The molecule has 148 valence electrons. The van der Waals surface area contributed by atoms with E-state index in [0.717, 1.165) is 43.2 Å². The molecule has 0 radical (unpaired) electrons. The van der Waals surface area contributed by atoms with Gasteiger partial charge in [-0.1, -0.05) is 30.3 Å². The van der Waals surface area contributed by atoms with Gasteiger partial charge in [0.25, 0.3) is 0 Å². The number of hydrogen-bond acceptors (Lipinski definition) is 6. The molecule has 0 bridgehead atoms. The maximum atomic E-state index is 12.9. The first kappa shape index (κ1) is 18.9. The molecule has 2 fully saturated rings. The molecule has 2 aliphatic rings. The van der Waals surface area contributed by atoms with Crippen LogP contribution in [0, 0.1) is 0 Å². The van der Waals surface area contributed by atoms with Gasteiger partial charge in [0, 0.05) is 31.0 Å². The Hall–Kier alpha value is -2.48. The van der Waals surface area contributed by atoms with Crippen molar-refractivity contribution in [3.05, 3.63) is 41.7 Å². The lowest BCUT2D eigenvalue weighted by molar-refractivity contribution is -0.129. The molecule has 0 spiro atoms. The van der Waals surface area contributed by atoms with Crippen molar-refractivity contribution in [2.24, 2.45) is 0 Å². The monoisotopic (exact) mass is 399 g/mol. The molecule has 2 saturated heterocycles. The van der Waals surface area contributed by atoms with Crippen molar-refractivity contribution >= 4 is 28.5 Å². The molecule has 1 aromatic heterocycles. The van der Waals surface area contributed by atoms with Gasteiger partial charge in [-0.25, -0.2) is 4.98 Å². The summed E-state index contributed by atoms with van der Waals surface area (Å²) in [5.41, 5.74) is 1.17. The number of nitrogens with one attached hydrogen (secondary N) is 2. The molecule has 0 saturated carbocycles. The largest absolute Gasteiger partial charge is 0.354 e. The van der Waals surface area contributed by atoms with Gasteiger partial charge < -0.3 is 15.5 Å². The molecule has 2 unspecified atom stereocenters. The zero-order valence-corrected chi connectivity index (χ0v) is 16.6.